The number of halogens is 1. The van der Waals surface area contributed by atoms with Crippen molar-refractivity contribution in [2.24, 2.45) is 0 Å². The zero-order chi connectivity index (χ0) is 13.1. The van der Waals surface area contributed by atoms with Crippen LogP contribution >= 0.6 is 0 Å². The number of rotatable bonds is 3. The van der Waals surface area contributed by atoms with Gasteiger partial charge in [0.2, 0.25) is 0 Å². The van der Waals surface area contributed by atoms with Gasteiger partial charge < -0.3 is 4.74 Å². The molecule has 18 heavy (non-hydrogen) atoms. The molecule has 1 aromatic carbocycles. The molecule has 0 atom stereocenters. The van der Waals surface area contributed by atoms with Crippen LogP contribution in [-0.4, -0.2) is 17.1 Å². The molecular formula is C14H15FN2O. The molecule has 0 unspecified atom stereocenters. The fraction of sp³-hybridized carbons (Fsp3) is 0.286. The number of aryl methyl sites for hydroxylation is 2. The molecule has 0 bridgehead atoms. The molecule has 2 rings (SSSR count). The third-order valence-electron chi connectivity index (χ3n) is 2.78. The van der Waals surface area contributed by atoms with Gasteiger partial charge in [-0.2, -0.15) is 0 Å². The molecule has 0 radical (unpaired) electrons. The molecule has 0 aliphatic heterocycles. The molecule has 3 nitrogen and oxygen atoms in total. The van der Waals surface area contributed by atoms with Crippen molar-refractivity contribution in [3.05, 3.63) is 41.6 Å². The summed E-state index contributed by atoms with van der Waals surface area (Å²) in [6.07, 6.45) is 2.57. The SMILES string of the molecule is CCc1cnc(C)nc1-c1cc(F)ccc1OC. The van der Waals surface area contributed by atoms with Crippen LogP contribution in [0.3, 0.4) is 0 Å². The summed E-state index contributed by atoms with van der Waals surface area (Å²) in [7, 11) is 1.57. The highest BCUT2D eigenvalue weighted by molar-refractivity contribution is 5.69. The fourth-order valence-corrected chi connectivity index (χ4v) is 1.85. The lowest BCUT2D eigenvalue weighted by atomic mass is 10.0. The summed E-state index contributed by atoms with van der Waals surface area (Å²) < 4.78 is 18.7. The first-order valence-electron chi connectivity index (χ1n) is 5.82. The van der Waals surface area contributed by atoms with Crippen LogP contribution in [0.15, 0.2) is 24.4 Å². The number of hydrogen-bond donors (Lipinski definition) is 0. The molecular weight excluding hydrogens is 231 g/mol. The Bertz CT molecular complexity index is 518. The van der Waals surface area contributed by atoms with Crippen molar-refractivity contribution < 1.29 is 9.13 Å². The molecule has 0 saturated carbocycles. The lowest BCUT2D eigenvalue weighted by Crippen LogP contribution is -1.99. The van der Waals surface area contributed by atoms with Gasteiger partial charge in [-0.05, 0) is 37.1 Å². The molecule has 1 heterocycles. The van der Waals surface area contributed by atoms with Gasteiger partial charge in [-0.15, -0.1) is 0 Å². The van der Waals surface area contributed by atoms with Crippen LogP contribution in [0.5, 0.6) is 5.75 Å². The second kappa shape index (κ2) is 5.12. The highest BCUT2D eigenvalue weighted by atomic mass is 19.1. The van der Waals surface area contributed by atoms with E-state index in [-0.39, 0.29) is 5.82 Å². The molecule has 0 saturated heterocycles. The normalized spacial score (nSPS) is 10.4. The van der Waals surface area contributed by atoms with Crippen LogP contribution in [0.4, 0.5) is 4.39 Å². The lowest BCUT2D eigenvalue weighted by Gasteiger charge is -2.11. The number of hydrogen-bond acceptors (Lipinski definition) is 3. The Morgan fingerprint density at radius 2 is 2.11 bits per heavy atom. The third kappa shape index (κ3) is 2.32. The largest absolute Gasteiger partial charge is 0.496 e. The lowest BCUT2D eigenvalue weighted by molar-refractivity contribution is 0.415. The van der Waals surface area contributed by atoms with E-state index in [2.05, 4.69) is 9.97 Å². The predicted octanol–water partition coefficient (Wildman–Crippen LogP) is 3.16. The summed E-state index contributed by atoms with van der Waals surface area (Å²) in [4.78, 5) is 8.57. The number of nitrogens with zero attached hydrogens (tertiary/aromatic N) is 2. The van der Waals surface area contributed by atoms with Crippen LogP contribution in [0, 0.1) is 12.7 Å². The van der Waals surface area contributed by atoms with E-state index in [1.54, 1.807) is 19.4 Å². The Morgan fingerprint density at radius 3 is 2.78 bits per heavy atom. The minimum atomic E-state index is -0.302. The molecule has 0 aliphatic rings. The maximum absolute atomic E-state index is 13.4. The predicted molar refractivity (Wildman–Crippen MR) is 68.1 cm³/mol. The fourth-order valence-electron chi connectivity index (χ4n) is 1.85. The Balaban J connectivity index is 2.67. The molecule has 2 aromatic rings. The summed E-state index contributed by atoms with van der Waals surface area (Å²) in [5.74, 6) is 0.974. The quantitative estimate of drug-likeness (QED) is 0.834. The average molecular weight is 246 g/mol. The van der Waals surface area contributed by atoms with Gasteiger partial charge in [0.25, 0.3) is 0 Å². The standard InChI is InChI=1S/C14H15FN2O/c1-4-10-8-16-9(2)17-14(10)12-7-11(15)5-6-13(12)18-3/h5-8H,4H2,1-3H3. The van der Waals surface area contributed by atoms with E-state index < -0.39 is 0 Å². The number of methoxy groups -OCH3 is 1. The zero-order valence-corrected chi connectivity index (χ0v) is 10.7. The molecule has 94 valence electrons. The molecule has 4 heteroatoms. The first-order valence-corrected chi connectivity index (χ1v) is 5.82. The molecule has 0 N–H and O–H groups in total. The first-order chi connectivity index (χ1) is 8.65. The summed E-state index contributed by atoms with van der Waals surface area (Å²) in [5.41, 5.74) is 2.38. The highest BCUT2D eigenvalue weighted by Gasteiger charge is 2.13. The minimum Gasteiger partial charge on any atom is -0.496 e. The Labute approximate surface area is 106 Å². The second-order valence-corrected chi connectivity index (χ2v) is 3.99. The van der Waals surface area contributed by atoms with Gasteiger partial charge in [0.15, 0.2) is 0 Å². The molecule has 1 aromatic heterocycles. The van der Waals surface area contributed by atoms with Gasteiger partial charge in [-0.25, -0.2) is 14.4 Å². The van der Waals surface area contributed by atoms with E-state index in [9.17, 15) is 4.39 Å². The second-order valence-electron chi connectivity index (χ2n) is 3.99. The maximum atomic E-state index is 13.4. The summed E-state index contributed by atoms with van der Waals surface area (Å²) in [5, 5.41) is 0. The van der Waals surface area contributed by atoms with Crippen LogP contribution in [0.25, 0.3) is 11.3 Å². The highest BCUT2D eigenvalue weighted by Crippen LogP contribution is 2.31. The molecule has 0 amide bonds. The van der Waals surface area contributed by atoms with Crippen molar-refractivity contribution >= 4 is 0 Å². The molecule has 0 fully saturated rings. The Hall–Kier alpha value is -1.97. The topological polar surface area (TPSA) is 35.0 Å². The van der Waals surface area contributed by atoms with Crippen molar-refractivity contribution in [2.45, 2.75) is 20.3 Å². The Morgan fingerprint density at radius 1 is 1.33 bits per heavy atom. The van der Waals surface area contributed by atoms with Gasteiger partial charge in [0.1, 0.15) is 17.4 Å². The monoisotopic (exact) mass is 246 g/mol. The smallest absolute Gasteiger partial charge is 0.128 e. The zero-order valence-electron chi connectivity index (χ0n) is 10.7. The van der Waals surface area contributed by atoms with Crippen LogP contribution in [-0.2, 0) is 6.42 Å². The third-order valence-corrected chi connectivity index (χ3v) is 2.78. The van der Waals surface area contributed by atoms with Crippen molar-refractivity contribution in [1.82, 2.24) is 9.97 Å². The summed E-state index contributed by atoms with van der Waals surface area (Å²) >= 11 is 0. The van der Waals surface area contributed by atoms with Gasteiger partial charge in [-0.1, -0.05) is 6.92 Å². The van der Waals surface area contributed by atoms with Gasteiger partial charge in [-0.3, -0.25) is 0 Å². The number of ether oxygens (including phenoxy) is 1. The maximum Gasteiger partial charge on any atom is 0.128 e. The van der Waals surface area contributed by atoms with Gasteiger partial charge >= 0.3 is 0 Å². The van der Waals surface area contributed by atoms with E-state index in [4.69, 9.17) is 4.74 Å². The van der Waals surface area contributed by atoms with E-state index in [0.717, 1.165) is 17.7 Å². The van der Waals surface area contributed by atoms with Crippen molar-refractivity contribution in [3.8, 4) is 17.0 Å². The summed E-state index contributed by atoms with van der Waals surface area (Å²) in [6, 6.07) is 4.43. The molecule has 0 spiro atoms. The van der Waals surface area contributed by atoms with Gasteiger partial charge in [0.05, 0.1) is 12.8 Å². The van der Waals surface area contributed by atoms with Crippen LogP contribution < -0.4 is 4.74 Å². The van der Waals surface area contributed by atoms with E-state index in [1.165, 1.54) is 12.1 Å². The summed E-state index contributed by atoms with van der Waals surface area (Å²) in [6.45, 7) is 3.83. The first kappa shape index (κ1) is 12.5. The van der Waals surface area contributed by atoms with E-state index in [1.807, 2.05) is 13.8 Å². The van der Waals surface area contributed by atoms with Crippen molar-refractivity contribution in [1.29, 1.82) is 0 Å². The van der Waals surface area contributed by atoms with E-state index in [0.29, 0.717) is 17.1 Å². The van der Waals surface area contributed by atoms with Crippen LogP contribution in [0.1, 0.15) is 18.3 Å². The molecule has 0 aliphatic carbocycles. The number of benzene rings is 1. The van der Waals surface area contributed by atoms with Crippen molar-refractivity contribution in [3.63, 3.8) is 0 Å². The minimum absolute atomic E-state index is 0.302. The average Bonchev–Trinajstić information content (AvgIpc) is 2.38. The van der Waals surface area contributed by atoms with E-state index >= 15 is 0 Å². The van der Waals surface area contributed by atoms with Gasteiger partial charge in [0, 0.05) is 11.8 Å². The Kier molecular flexibility index (Phi) is 3.55. The number of aromatic nitrogens is 2. The van der Waals surface area contributed by atoms with Crippen LogP contribution in [0.2, 0.25) is 0 Å². The van der Waals surface area contributed by atoms with Crippen molar-refractivity contribution in [2.75, 3.05) is 7.11 Å².